The standard InChI is InChI=1S/C11H13F3O4S/c1-8-2-4-9(5-3-8)19(16,17)18-10(15)6-7-11(12,13)14/h2-5,10,15H,6-7H2,1H3/t10-/m1/s1. The highest BCUT2D eigenvalue weighted by molar-refractivity contribution is 7.86. The van der Waals surface area contributed by atoms with Crippen molar-refractivity contribution in [3.63, 3.8) is 0 Å². The molecule has 0 bridgehead atoms. The third kappa shape index (κ3) is 5.58. The lowest BCUT2D eigenvalue weighted by molar-refractivity contribution is -0.149. The molecule has 0 saturated heterocycles. The molecule has 4 nitrogen and oxygen atoms in total. The molecule has 1 N–H and O–H groups in total. The lowest BCUT2D eigenvalue weighted by atomic mass is 10.2. The normalized spacial score (nSPS) is 14.4. The molecule has 108 valence electrons. The van der Waals surface area contributed by atoms with Gasteiger partial charge in [0.05, 0.1) is 4.90 Å². The van der Waals surface area contributed by atoms with Gasteiger partial charge in [-0.15, -0.1) is 0 Å². The van der Waals surface area contributed by atoms with E-state index in [0.29, 0.717) is 0 Å². The Balaban J connectivity index is 2.67. The molecule has 0 aliphatic heterocycles. The van der Waals surface area contributed by atoms with Crippen molar-refractivity contribution >= 4 is 10.1 Å². The van der Waals surface area contributed by atoms with Crippen LogP contribution in [0.25, 0.3) is 0 Å². The Labute approximate surface area is 108 Å². The van der Waals surface area contributed by atoms with Crippen LogP contribution in [0.15, 0.2) is 29.2 Å². The van der Waals surface area contributed by atoms with Gasteiger partial charge < -0.3 is 5.11 Å². The summed E-state index contributed by atoms with van der Waals surface area (Å²) in [4.78, 5) is -0.218. The van der Waals surface area contributed by atoms with Crippen LogP contribution in [0, 0.1) is 6.92 Å². The predicted octanol–water partition coefficient (Wildman–Crippen LogP) is 2.36. The molecule has 0 unspecified atom stereocenters. The van der Waals surface area contributed by atoms with Crippen molar-refractivity contribution in [1.82, 2.24) is 0 Å². The molecule has 1 aromatic rings. The van der Waals surface area contributed by atoms with Gasteiger partial charge in [-0.3, -0.25) is 0 Å². The number of alkyl halides is 3. The van der Waals surface area contributed by atoms with Crippen molar-refractivity contribution in [1.29, 1.82) is 0 Å². The average Bonchev–Trinajstić information content (AvgIpc) is 2.25. The minimum atomic E-state index is -4.47. The van der Waals surface area contributed by atoms with Gasteiger partial charge in [0.15, 0.2) is 6.29 Å². The SMILES string of the molecule is Cc1ccc(S(=O)(=O)O[C@@H](O)CCC(F)(F)F)cc1. The highest BCUT2D eigenvalue weighted by Crippen LogP contribution is 2.24. The molecule has 0 radical (unpaired) electrons. The van der Waals surface area contributed by atoms with Crippen LogP contribution in [-0.2, 0) is 14.3 Å². The highest BCUT2D eigenvalue weighted by atomic mass is 32.2. The Morgan fingerprint density at radius 3 is 2.26 bits per heavy atom. The van der Waals surface area contributed by atoms with Gasteiger partial charge in [0.2, 0.25) is 0 Å². The number of hydrogen-bond acceptors (Lipinski definition) is 4. The molecule has 1 aromatic carbocycles. The van der Waals surface area contributed by atoms with E-state index in [9.17, 15) is 21.6 Å². The minimum Gasteiger partial charge on any atom is -0.367 e. The molecule has 1 atom stereocenters. The number of aliphatic hydroxyl groups excluding tert-OH is 1. The zero-order chi connectivity index (χ0) is 14.7. The van der Waals surface area contributed by atoms with Crippen LogP contribution in [0.4, 0.5) is 13.2 Å². The number of aliphatic hydroxyl groups is 1. The number of benzene rings is 1. The van der Waals surface area contributed by atoms with Crippen molar-refractivity contribution in [3.05, 3.63) is 29.8 Å². The summed E-state index contributed by atoms with van der Waals surface area (Å²) in [5.74, 6) is 0. The molecule has 0 heterocycles. The van der Waals surface area contributed by atoms with Gasteiger partial charge in [-0.1, -0.05) is 17.7 Å². The van der Waals surface area contributed by atoms with Gasteiger partial charge in [0, 0.05) is 12.8 Å². The number of aryl methyl sites for hydroxylation is 1. The maximum atomic E-state index is 11.9. The summed E-state index contributed by atoms with van der Waals surface area (Å²) in [7, 11) is -4.26. The summed E-state index contributed by atoms with van der Waals surface area (Å²) >= 11 is 0. The first-order chi connectivity index (χ1) is 8.60. The Kier molecular flexibility index (Phi) is 4.94. The monoisotopic (exact) mass is 298 g/mol. The van der Waals surface area contributed by atoms with E-state index < -0.39 is 35.4 Å². The maximum Gasteiger partial charge on any atom is 0.389 e. The molecule has 0 aliphatic carbocycles. The van der Waals surface area contributed by atoms with Gasteiger partial charge >= 0.3 is 6.18 Å². The van der Waals surface area contributed by atoms with Crippen LogP contribution in [0.2, 0.25) is 0 Å². The fraction of sp³-hybridized carbons (Fsp3) is 0.455. The summed E-state index contributed by atoms with van der Waals surface area (Å²) in [6, 6.07) is 5.53. The Hall–Kier alpha value is -1.12. The minimum absolute atomic E-state index is 0.218. The summed E-state index contributed by atoms with van der Waals surface area (Å²) in [5, 5.41) is 9.16. The van der Waals surface area contributed by atoms with Crippen LogP contribution in [0.3, 0.4) is 0 Å². The van der Waals surface area contributed by atoms with E-state index >= 15 is 0 Å². The first kappa shape index (κ1) is 15.9. The molecule has 0 spiro atoms. The van der Waals surface area contributed by atoms with E-state index in [2.05, 4.69) is 4.18 Å². The molecule has 0 amide bonds. The van der Waals surface area contributed by atoms with E-state index in [1.165, 1.54) is 24.3 Å². The quantitative estimate of drug-likeness (QED) is 0.669. The summed E-state index contributed by atoms with van der Waals surface area (Å²) in [6.45, 7) is 1.75. The zero-order valence-corrected chi connectivity index (χ0v) is 10.8. The van der Waals surface area contributed by atoms with Gasteiger partial charge in [-0.2, -0.15) is 21.6 Å². The fourth-order valence-corrected chi connectivity index (χ4v) is 2.21. The second-order valence-electron chi connectivity index (χ2n) is 3.97. The fourth-order valence-electron chi connectivity index (χ4n) is 1.24. The van der Waals surface area contributed by atoms with Crippen molar-refractivity contribution in [2.75, 3.05) is 0 Å². The van der Waals surface area contributed by atoms with Crippen LogP contribution < -0.4 is 0 Å². The largest absolute Gasteiger partial charge is 0.389 e. The summed E-state index contributed by atoms with van der Waals surface area (Å²) in [5.41, 5.74) is 0.816. The molecule has 0 saturated carbocycles. The van der Waals surface area contributed by atoms with Gasteiger partial charge in [-0.05, 0) is 19.1 Å². The first-order valence-corrected chi connectivity index (χ1v) is 6.76. The van der Waals surface area contributed by atoms with Crippen LogP contribution in [0.5, 0.6) is 0 Å². The second-order valence-corrected chi connectivity index (χ2v) is 5.54. The number of rotatable bonds is 5. The van der Waals surface area contributed by atoms with Crippen LogP contribution in [0.1, 0.15) is 18.4 Å². The van der Waals surface area contributed by atoms with E-state index in [1.807, 2.05) is 0 Å². The second kappa shape index (κ2) is 5.89. The van der Waals surface area contributed by atoms with Crippen LogP contribution >= 0.6 is 0 Å². The number of hydrogen-bond donors (Lipinski definition) is 1. The predicted molar refractivity (Wildman–Crippen MR) is 60.7 cm³/mol. The third-order valence-corrected chi connectivity index (χ3v) is 3.55. The molecule has 1 rings (SSSR count). The molecule has 0 aromatic heterocycles. The van der Waals surface area contributed by atoms with Gasteiger partial charge in [0.1, 0.15) is 0 Å². The van der Waals surface area contributed by atoms with E-state index in [-0.39, 0.29) is 4.90 Å². The van der Waals surface area contributed by atoms with E-state index in [0.717, 1.165) is 5.56 Å². The zero-order valence-electron chi connectivity index (χ0n) is 10.0. The first-order valence-electron chi connectivity index (χ1n) is 5.35. The molecular formula is C11H13F3O4S. The molecular weight excluding hydrogens is 285 g/mol. The Bertz CT molecular complexity index is 508. The molecule has 8 heteroatoms. The summed E-state index contributed by atoms with van der Waals surface area (Å²) < 4.78 is 63.2. The van der Waals surface area contributed by atoms with Crippen molar-refractivity contribution in [2.45, 2.75) is 37.1 Å². The lowest BCUT2D eigenvalue weighted by Crippen LogP contribution is -2.21. The summed E-state index contributed by atoms with van der Waals surface area (Å²) in [6.07, 6.45) is -8.66. The number of halogens is 3. The van der Waals surface area contributed by atoms with Crippen LogP contribution in [-0.4, -0.2) is 26.0 Å². The highest BCUT2D eigenvalue weighted by Gasteiger charge is 2.29. The Morgan fingerprint density at radius 2 is 1.79 bits per heavy atom. The maximum absolute atomic E-state index is 11.9. The third-order valence-electron chi connectivity index (χ3n) is 2.22. The smallest absolute Gasteiger partial charge is 0.367 e. The van der Waals surface area contributed by atoms with E-state index in [4.69, 9.17) is 5.11 Å². The van der Waals surface area contributed by atoms with Gasteiger partial charge in [-0.25, -0.2) is 4.18 Å². The van der Waals surface area contributed by atoms with Crippen molar-refractivity contribution in [3.8, 4) is 0 Å². The van der Waals surface area contributed by atoms with Crippen molar-refractivity contribution < 1.29 is 30.9 Å². The Morgan fingerprint density at radius 1 is 1.26 bits per heavy atom. The molecule has 0 fully saturated rings. The van der Waals surface area contributed by atoms with E-state index in [1.54, 1.807) is 6.92 Å². The lowest BCUT2D eigenvalue weighted by Gasteiger charge is -2.13. The average molecular weight is 298 g/mol. The van der Waals surface area contributed by atoms with Gasteiger partial charge in [0.25, 0.3) is 10.1 Å². The molecule has 19 heavy (non-hydrogen) atoms. The topological polar surface area (TPSA) is 63.6 Å². The van der Waals surface area contributed by atoms with Crippen molar-refractivity contribution in [2.24, 2.45) is 0 Å². The molecule has 0 aliphatic rings.